The number of likely N-dealkylation sites (tertiary alicyclic amines) is 1. The molecular formula is C15H29N3O. The number of carbonyl (C=O) groups excluding carboxylic acids is 1. The summed E-state index contributed by atoms with van der Waals surface area (Å²) in [7, 11) is 0. The number of amides is 1. The van der Waals surface area contributed by atoms with Crippen LogP contribution < -0.4 is 10.6 Å². The number of piperidine rings is 1. The van der Waals surface area contributed by atoms with E-state index in [1.807, 2.05) is 0 Å². The van der Waals surface area contributed by atoms with Gasteiger partial charge in [-0.3, -0.25) is 4.79 Å². The second kappa shape index (κ2) is 7.25. The Balaban J connectivity index is 1.60. The third kappa shape index (κ3) is 4.77. The Hall–Kier alpha value is -0.610. The Labute approximate surface area is 117 Å². The highest BCUT2D eigenvalue weighted by atomic mass is 16.1. The maximum atomic E-state index is 11.9. The summed E-state index contributed by atoms with van der Waals surface area (Å²) in [5, 5.41) is 6.57. The smallest absolute Gasteiger partial charge is 0.220 e. The van der Waals surface area contributed by atoms with Gasteiger partial charge in [-0.2, -0.15) is 0 Å². The SMILES string of the molecule is CC(C)N1CCC(NC(=O)CCC2CCNC2)CC1. The molecule has 2 aliphatic heterocycles. The van der Waals surface area contributed by atoms with E-state index < -0.39 is 0 Å². The molecule has 0 aromatic carbocycles. The van der Waals surface area contributed by atoms with Gasteiger partial charge in [0.25, 0.3) is 0 Å². The molecule has 1 atom stereocenters. The fourth-order valence-corrected chi connectivity index (χ4v) is 3.16. The second-order valence-electron chi connectivity index (χ2n) is 6.37. The van der Waals surface area contributed by atoms with Gasteiger partial charge in [0.2, 0.25) is 5.91 Å². The quantitative estimate of drug-likeness (QED) is 0.790. The molecule has 0 bridgehead atoms. The summed E-state index contributed by atoms with van der Waals surface area (Å²) in [4.78, 5) is 14.4. The summed E-state index contributed by atoms with van der Waals surface area (Å²) in [5.41, 5.74) is 0. The molecule has 0 radical (unpaired) electrons. The minimum Gasteiger partial charge on any atom is -0.353 e. The monoisotopic (exact) mass is 267 g/mol. The van der Waals surface area contributed by atoms with Crippen LogP contribution in [-0.4, -0.2) is 49.1 Å². The summed E-state index contributed by atoms with van der Waals surface area (Å²) in [6.45, 7) is 8.95. The number of hydrogen-bond acceptors (Lipinski definition) is 3. The number of carbonyl (C=O) groups is 1. The van der Waals surface area contributed by atoms with E-state index in [1.54, 1.807) is 0 Å². The maximum absolute atomic E-state index is 11.9. The summed E-state index contributed by atoms with van der Waals surface area (Å²) in [6, 6.07) is 1.04. The molecule has 4 nitrogen and oxygen atoms in total. The average Bonchev–Trinajstić information content (AvgIpc) is 2.90. The van der Waals surface area contributed by atoms with Gasteiger partial charge in [-0.25, -0.2) is 0 Å². The average molecular weight is 267 g/mol. The van der Waals surface area contributed by atoms with Crippen LogP contribution in [0.1, 0.15) is 46.0 Å². The van der Waals surface area contributed by atoms with Gasteiger partial charge >= 0.3 is 0 Å². The van der Waals surface area contributed by atoms with Crippen molar-refractivity contribution < 1.29 is 4.79 Å². The molecule has 0 aromatic heterocycles. The van der Waals surface area contributed by atoms with Gasteiger partial charge in [0.1, 0.15) is 0 Å². The van der Waals surface area contributed by atoms with Crippen LogP contribution in [0, 0.1) is 5.92 Å². The molecule has 0 aromatic rings. The molecule has 2 rings (SSSR count). The minimum absolute atomic E-state index is 0.259. The molecule has 4 heteroatoms. The number of nitrogens with zero attached hydrogens (tertiary/aromatic N) is 1. The van der Waals surface area contributed by atoms with Crippen LogP contribution in [0.15, 0.2) is 0 Å². The third-order valence-electron chi connectivity index (χ3n) is 4.57. The first kappa shape index (κ1) is 14.8. The molecule has 2 saturated heterocycles. The van der Waals surface area contributed by atoms with Crippen LogP contribution >= 0.6 is 0 Å². The summed E-state index contributed by atoms with van der Waals surface area (Å²) in [6.07, 6.45) is 5.20. The molecule has 110 valence electrons. The molecule has 0 saturated carbocycles. The zero-order chi connectivity index (χ0) is 13.7. The van der Waals surface area contributed by atoms with Gasteiger partial charge in [-0.05, 0) is 58.5 Å². The second-order valence-corrected chi connectivity index (χ2v) is 6.37. The van der Waals surface area contributed by atoms with Crippen molar-refractivity contribution in [2.45, 2.75) is 58.0 Å². The molecule has 0 spiro atoms. The highest BCUT2D eigenvalue weighted by Crippen LogP contribution is 2.16. The van der Waals surface area contributed by atoms with E-state index in [9.17, 15) is 4.79 Å². The lowest BCUT2D eigenvalue weighted by Crippen LogP contribution is -2.46. The highest BCUT2D eigenvalue weighted by molar-refractivity contribution is 5.76. The van der Waals surface area contributed by atoms with Gasteiger partial charge < -0.3 is 15.5 Å². The molecule has 19 heavy (non-hydrogen) atoms. The fraction of sp³-hybridized carbons (Fsp3) is 0.933. The third-order valence-corrected chi connectivity index (χ3v) is 4.57. The van der Waals surface area contributed by atoms with Gasteiger partial charge in [-0.1, -0.05) is 0 Å². The van der Waals surface area contributed by atoms with E-state index >= 15 is 0 Å². The van der Waals surface area contributed by atoms with Crippen LogP contribution in [0.3, 0.4) is 0 Å². The first-order valence-electron chi connectivity index (χ1n) is 7.89. The molecule has 2 aliphatic rings. The van der Waals surface area contributed by atoms with Gasteiger partial charge in [0, 0.05) is 31.6 Å². The molecular weight excluding hydrogens is 238 g/mol. The number of hydrogen-bond donors (Lipinski definition) is 2. The van der Waals surface area contributed by atoms with Crippen molar-refractivity contribution in [2.24, 2.45) is 5.92 Å². The van der Waals surface area contributed by atoms with Crippen LogP contribution in [0.2, 0.25) is 0 Å². The first-order chi connectivity index (χ1) is 9.15. The lowest BCUT2D eigenvalue weighted by atomic mass is 10.0. The van der Waals surface area contributed by atoms with Gasteiger partial charge in [0.15, 0.2) is 0 Å². The Morgan fingerprint density at radius 2 is 2.05 bits per heavy atom. The Bertz CT molecular complexity index is 279. The predicted molar refractivity (Wildman–Crippen MR) is 78.1 cm³/mol. The summed E-state index contributed by atoms with van der Waals surface area (Å²) < 4.78 is 0. The van der Waals surface area contributed by atoms with E-state index in [4.69, 9.17) is 0 Å². The van der Waals surface area contributed by atoms with Crippen molar-refractivity contribution in [2.75, 3.05) is 26.2 Å². The zero-order valence-electron chi connectivity index (χ0n) is 12.5. The predicted octanol–water partition coefficient (Wildman–Crippen LogP) is 1.37. The molecule has 2 fully saturated rings. The molecule has 2 heterocycles. The molecule has 1 unspecified atom stereocenters. The molecule has 0 aliphatic carbocycles. The first-order valence-corrected chi connectivity index (χ1v) is 7.89. The highest BCUT2D eigenvalue weighted by Gasteiger charge is 2.22. The van der Waals surface area contributed by atoms with Crippen LogP contribution in [0.4, 0.5) is 0 Å². The molecule has 2 N–H and O–H groups in total. The molecule has 1 amide bonds. The number of nitrogens with one attached hydrogen (secondary N) is 2. The Kier molecular flexibility index (Phi) is 5.64. The van der Waals surface area contributed by atoms with Crippen LogP contribution in [0.5, 0.6) is 0 Å². The van der Waals surface area contributed by atoms with Gasteiger partial charge in [0.05, 0.1) is 0 Å². The van der Waals surface area contributed by atoms with Crippen molar-refractivity contribution in [3.8, 4) is 0 Å². The van der Waals surface area contributed by atoms with Crippen molar-refractivity contribution >= 4 is 5.91 Å². The largest absolute Gasteiger partial charge is 0.353 e. The van der Waals surface area contributed by atoms with Crippen molar-refractivity contribution in [1.29, 1.82) is 0 Å². The fourth-order valence-electron chi connectivity index (χ4n) is 3.16. The van der Waals surface area contributed by atoms with E-state index in [0.717, 1.165) is 45.4 Å². The van der Waals surface area contributed by atoms with Gasteiger partial charge in [-0.15, -0.1) is 0 Å². The van der Waals surface area contributed by atoms with E-state index in [1.165, 1.54) is 6.42 Å². The van der Waals surface area contributed by atoms with E-state index in [2.05, 4.69) is 29.4 Å². The normalized spacial score (nSPS) is 25.9. The zero-order valence-corrected chi connectivity index (χ0v) is 12.5. The van der Waals surface area contributed by atoms with Crippen LogP contribution in [-0.2, 0) is 4.79 Å². The lowest BCUT2D eigenvalue weighted by molar-refractivity contribution is -0.122. The van der Waals surface area contributed by atoms with Crippen LogP contribution in [0.25, 0.3) is 0 Å². The Morgan fingerprint density at radius 1 is 1.32 bits per heavy atom. The summed E-state index contributed by atoms with van der Waals surface area (Å²) in [5.74, 6) is 0.975. The lowest BCUT2D eigenvalue weighted by Gasteiger charge is -2.34. The Morgan fingerprint density at radius 3 is 2.63 bits per heavy atom. The minimum atomic E-state index is 0.259. The summed E-state index contributed by atoms with van der Waals surface area (Å²) >= 11 is 0. The van der Waals surface area contributed by atoms with Crippen molar-refractivity contribution in [1.82, 2.24) is 15.5 Å². The van der Waals surface area contributed by atoms with Crippen molar-refractivity contribution in [3.05, 3.63) is 0 Å². The topological polar surface area (TPSA) is 44.4 Å². The van der Waals surface area contributed by atoms with E-state index in [-0.39, 0.29) is 5.91 Å². The van der Waals surface area contributed by atoms with E-state index in [0.29, 0.717) is 24.4 Å². The standard InChI is InChI=1S/C15H29N3O/c1-12(2)18-9-6-14(7-10-18)17-15(19)4-3-13-5-8-16-11-13/h12-14,16H,3-11H2,1-2H3,(H,17,19). The number of rotatable bonds is 5. The van der Waals surface area contributed by atoms with Crippen molar-refractivity contribution in [3.63, 3.8) is 0 Å². The maximum Gasteiger partial charge on any atom is 0.220 e.